The van der Waals surface area contributed by atoms with Crippen molar-refractivity contribution in [3.8, 4) is 11.5 Å². The van der Waals surface area contributed by atoms with E-state index >= 15 is 0 Å². The van der Waals surface area contributed by atoms with Crippen LogP contribution in [-0.2, 0) is 10.9 Å². The summed E-state index contributed by atoms with van der Waals surface area (Å²) in [6.45, 7) is 4.82. The van der Waals surface area contributed by atoms with Gasteiger partial charge in [-0.05, 0) is 37.1 Å². The number of rotatable bonds is 9. The van der Waals surface area contributed by atoms with Crippen LogP contribution >= 0.6 is 0 Å². The van der Waals surface area contributed by atoms with Gasteiger partial charge >= 0.3 is 6.18 Å². The van der Waals surface area contributed by atoms with Crippen molar-refractivity contribution in [3.63, 3.8) is 0 Å². The highest BCUT2D eigenvalue weighted by Crippen LogP contribution is 2.38. The SMILES string of the molecule is CNC(=O)c1cccc(C)c1Nc1nc(Nc2ccc(OC3(N)CC=C(N4CCOCC4)CC3)cc2OC)ncc1C(F)(F)F. The molecule has 240 valence electrons. The third-order valence-electron chi connectivity index (χ3n) is 7.73. The highest BCUT2D eigenvalue weighted by atomic mass is 19.4. The molecule has 0 radical (unpaired) electrons. The Morgan fingerprint density at radius 2 is 1.93 bits per heavy atom. The van der Waals surface area contributed by atoms with Gasteiger partial charge in [0.25, 0.3) is 5.91 Å². The second-order valence-electron chi connectivity index (χ2n) is 10.8. The number of hydrogen-bond acceptors (Lipinski definition) is 10. The van der Waals surface area contributed by atoms with Gasteiger partial charge in [-0.2, -0.15) is 18.2 Å². The average molecular weight is 628 g/mol. The molecule has 1 aromatic heterocycles. The lowest BCUT2D eigenvalue weighted by Gasteiger charge is -2.38. The molecule has 45 heavy (non-hydrogen) atoms. The summed E-state index contributed by atoms with van der Waals surface area (Å²) in [6, 6.07) is 9.80. The molecule has 2 aliphatic rings. The molecular weight excluding hydrogens is 591 g/mol. The van der Waals surface area contributed by atoms with E-state index < -0.39 is 29.2 Å². The number of nitrogens with zero attached hydrogens (tertiary/aromatic N) is 3. The number of nitrogens with two attached hydrogens (primary N) is 1. The Labute approximate surface area is 259 Å². The van der Waals surface area contributed by atoms with E-state index in [4.69, 9.17) is 19.9 Å². The van der Waals surface area contributed by atoms with Crippen LogP contribution in [0.15, 0.2) is 54.4 Å². The number of alkyl halides is 3. The molecule has 3 aromatic rings. The van der Waals surface area contributed by atoms with Gasteiger partial charge in [0.2, 0.25) is 5.95 Å². The molecule has 0 bridgehead atoms. The average Bonchev–Trinajstić information content (AvgIpc) is 3.02. The number of aryl methyl sites for hydroxylation is 1. The number of carbonyl (C=O) groups excluding carboxylic acids is 1. The van der Waals surface area contributed by atoms with Crippen LogP contribution in [0.25, 0.3) is 0 Å². The zero-order valence-corrected chi connectivity index (χ0v) is 25.3. The lowest BCUT2D eigenvalue weighted by atomic mass is 9.95. The molecule has 1 amide bonds. The van der Waals surface area contributed by atoms with Gasteiger partial charge in [0.05, 0.1) is 37.3 Å². The van der Waals surface area contributed by atoms with Crippen LogP contribution in [0.2, 0.25) is 0 Å². The summed E-state index contributed by atoms with van der Waals surface area (Å²) in [7, 11) is 2.90. The largest absolute Gasteiger partial charge is 0.494 e. The maximum Gasteiger partial charge on any atom is 0.421 e. The van der Waals surface area contributed by atoms with E-state index in [0.29, 0.717) is 55.0 Å². The number of allylic oxidation sites excluding steroid dienone is 1. The monoisotopic (exact) mass is 627 g/mol. The highest BCUT2D eigenvalue weighted by Gasteiger charge is 2.36. The minimum atomic E-state index is -4.76. The van der Waals surface area contributed by atoms with Crippen LogP contribution in [0.4, 0.5) is 36.3 Å². The number of anilines is 4. The number of halogens is 3. The van der Waals surface area contributed by atoms with E-state index in [1.165, 1.54) is 25.9 Å². The molecule has 1 fully saturated rings. The minimum Gasteiger partial charge on any atom is -0.494 e. The van der Waals surface area contributed by atoms with Crippen molar-refractivity contribution in [1.82, 2.24) is 20.2 Å². The molecule has 1 unspecified atom stereocenters. The predicted molar refractivity (Wildman–Crippen MR) is 163 cm³/mol. The number of ether oxygens (including phenoxy) is 3. The first-order chi connectivity index (χ1) is 21.5. The zero-order valence-electron chi connectivity index (χ0n) is 25.3. The van der Waals surface area contributed by atoms with E-state index in [1.54, 1.807) is 37.3 Å². The number of para-hydroxylation sites is 1. The van der Waals surface area contributed by atoms with Crippen LogP contribution in [0, 0.1) is 6.92 Å². The lowest BCUT2D eigenvalue weighted by Crippen LogP contribution is -2.48. The molecule has 1 aliphatic carbocycles. The summed E-state index contributed by atoms with van der Waals surface area (Å²) in [4.78, 5) is 22.8. The molecule has 11 nitrogen and oxygen atoms in total. The Bertz CT molecular complexity index is 1580. The maximum absolute atomic E-state index is 14.0. The molecule has 5 rings (SSSR count). The van der Waals surface area contributed by atoms with Gasteiger partial charge in [-0.25, -0.2) is 4.98 Å². The molecule has 14 heteroatoms. The second kappa shape index (κ2) is 13.2. The second-order valence-corrected chi connectivity index (χ2v) is 10.8. The Hall–Kier alpha value is -4.56. The number of carbonyl (C=O) groups is 1. The zero-order chi connectivity index (χ0) is 32.2. The third kappa shape index (κ3) is 7.40. The van der Waals surface area contributed by atoms with Gasteiger partial charge in [-0.1, -0.05) is 18.2 Å². The Morgan fingerprint density at radius 1 is 1.16 bits per heavy atom. The topological polar surface area (TPSA) is 136 Å². The fourth-order valence-corrected chi connectivity index (χ4v) is 5.28. The van der Waals surface area contributed by atoms with E-state index in [1.807, 2.05) is 0 Å². The first kappa shape index (κ1) is 31.9. The van der Waals surface area contributed by atoms with E-state index in [2.05, 4.69) is 36.9 Å². The van der Waals surface area contributed by atoms with Crippen LogP contribution in [0.3, 0.4) is 0 Å². The normalized spacial score (nSPS) is 18.6. The van der Waals surface area contributed by atoms with Gasteiger partial charge in [0.15, 0.2) is 5.72 Å². The van der Waals surface area contributed by atoms with Crippen LogP contribution in [0.5, 0.6) is 11.5 Å². The van der Waals surface area contributed by atoms with Crippen molar-refractivity contribution in [2.75, 3.05) is 51.1 Å². The fourth-order valence-electron chi connectivity index (χ4n) is 5.28. The smallest absolute Gasteiger partial charge is 0.421 e. The van der Waals surface area contributed by atoms with Crippen molar-refractivity contribution < 1.29 is 32.2 Å². The molecule has 1 aliphatic heterocycles. The molecule has 5 N–H and O–H groups in total. The summed E-state index contributed by atoms with van der Waals surface area (Å²) in [6.07, 6.45) is -0.0374. The number of morpholine rings is 1. The number of benzene rings is 2. The molecule has 1 atom stereocenters. The van der Waals surface area contributed by atoms with Crippen molar-refractivity contribution in [1.29, 1.82) is 0 Å². The third-order valence-corrected chi connectivity index (χ3v) is 7.73. The van der Waals surface area contributed by atoms with Crippen LogP contribution in [-0.4, -0.2) is 67.0 Å². The Morgan fingerprint density at radius 3 is 2.60 bits per heavy atom. The molecule has 1 saturated heterocycles. The van der Waals surface area contributed by atoms with Crippen molar-refractivity contribution in [3.05, 3.63) is 71.1 Å². The van der Waals surface area contributed by atoms with Crippen molar-refractivity contribution in [2.45, 2.75) is 38.1 Å². The summed E-state index contributed by atoms with van der Waals surface area (Å²) in [5, 5.41) is 8.14. The van der Waals surface area contributed by atoms with Gasteiger partial charge in [0, 0.05) is 50.9 Å². The summed E-state index contributed by atoms with van der Waals surface area (Å²) in [5.74, 6) is -0.299. The standard InChI is InChI=1S/C31H36F3N7O4/c1-19-5-4-6-22(28(42)36-2)26(19)39-27-23(31(32,33)34)18-37-29(40-27)38-24-8-7-21(17-25(24)43-3)45-30(35)11-9-20(10-12-30)41-13-15-44-16-14-41/h4-9,17-18H,10-16,35H2,1-3H3,(H,36,42)(H2,37,38,39,40). The van der Waals surface area contributed by atoms with E-state index in [9.17, 15) is 18.0 Å². The fraction of sp³-hybridized carbons (Fsp3) is 0.387. The first-order valence-corrected chi connectivity index (χ1v) is 14.5. The van der Waals surface area contributed by atoms with Crippen molar-refractivity contribution >= 4 is 29.0 Å². The summed E-state index contributed by atoms with van der Waals surface area (Å²) < 4.78 is 59.1. The first-order valence-electron chi connectivity index (χ1n) is 14.5. The number of hydrogen-bond donors (Lipinski definition) is 4. The minimum absolute atomic E-state index is 0.129. The van der Waals surface area contributed by atoms with Gasteiger partial charge in [-0.15, -0.1) is 0 Å². The van der Waals surface area contributed by atoms with Gasteiger partial charge in [0.1, 0.15) is 22.9 Å². The molecule has 0 saturated carbocycles. The van der Waals surface area contributed by atoms with Crippen LogP contribution < -0.4 is 31.2 Å². The molecule has 0 spiro atoms. The summed E-state index contributed by atoms with van der Waals surface area (Å²) in [5.41, 5.74) is 7.15. The number of amides is 1. The maximum atomic E-state index is 14.0. The molecular formula is C31H36F3N7O4. The van der Waals surface area contributed by atoms with Crippen LogP contribution in [0.1, 0.15) is 40.7 Å². The van der Waals surface area contributed by atoms with E-state index in [-0.39, 0.29) is 17.2 Å². The predicted octanol–water partition coefficient (Wildman–Crippen LogP) is 5.09. The lowest BCUT2D eigenvalue weighted by molar-refractivity contribution is -0.137. The van der Waals surface area contributed by atoms with Gasteiger partial charge < -0.3 is 35.1 Å². The summed E-state index contributed by atoms with van der Waals surface area (Å²) >= 11 is 0. The number of aromatic nitrogens is 2. The molecule has 2 aromatic carbocycles. The van der Waals surface area contributed by atoms with Crippen molar-refractivity contribution in [2.24, 2.45) is 5.73 Å². The number of methoxy groups -OCH3 is 1. The van der Waals surface area contributed by atoms with Gasteiger partial charge in [-0.3, -0.25) is 10.5 Å². The van der Waals surface area contributed by atoms with E-state index in [0.717, 1.165) is 19.5 Å². The Balaban J connectivity index is 1.36. The Kier molecular flexibility index (Phi) is 9.34. The molecule has 2 heterocycles. The number of nitrogens with one attached hydrogen (secondary N) is 3. The highest BCUT2D eigenvalue weighted by molar-refractivity contribution is 6.00. The quantitative estimate of drug-likeness (QED) is 0.238.